The summed E-state index contributed by atoms with van der Waals surface area (Å²) in [5.74, 6) is -1.75. The molecule has 23 heavy (non-hydrogen) atoms. The van der Waals surface area contributed by atoms with Gasteiger partial charge in [-0.25, -0.2) is 14.3 Å². The standard InChI is InChI=1S/C15H17N3O5/c1-15(2,14(21)22)18-11(12(13(19)20)16-17-18)8-9-23-10-6-4-3-5-7-10/h3-7H,8-9H2,1-2H3,(H,19,20)(H,21,22). The van der Waals surface area contributed by atoms with Crippen LogP contribution in [0.4, 0.5) is 0 Å². The molecule has 2 aromatic rings. The fourth-order valence-electron chi connectivity index (χ4n) is 2.01. The third-order valence-electron chi connectivity index (χ3n) is 3.37. The van der Waals surface area contributed by atoms with Crippen molar-refractivity contribution in [2.45, 2.75) is 25.8 Å². The minimum absolute atomic E-state index is 0.167. The van der Waals surface area contributed by atoms with Gasteiger partial charge in [0.05, 0.1) is 12.3 Å². The highest BCUT2D eigenvalue weighted by atomic mass is 16.5. The number of hydrogen-bond donors (Lipinski definition) is 2. The average molecular weight is 319 g/mol. The molecule has 0 radical (unpaired) electrons. The van der Waals surface area contributed by atoms with E-state index >= 15 is 0 Å². The van der Waals surface area contributed by atoms with E-state index in [0.29, 0.717) is 5.75 Å². The number of aromatic carboxylic acids is 1. The summed E-state index contributed by atoms with van der Waals surface area (Å²) in [5.41, 5.74) is -1.47. The molecule has 0 aliphatic heterocycles. The van der Waals surface area contributed by atoms with Crippen LogP contribution in [0.5, 0.6) is 5.75 Å². The fraction of sp³-hybridized carbons (Fsp3) is 0.333. The second-order valence-corrected chi connectivity index (χ2v) is 5.38. The molecule has 0 saturated heterocycles. The number of carboxylic acids is 2. The van der Waals surface area contributed by atoms with Crippen molar-refractivity contribution in [2.75, 3.05) is 6.61 Å². The van der Waals surface area contributed by atoms with Crippen LogP contribution in [0, 0.1) is 0 Å². The summed E-state index contributed by atoms with van der Waals surface area (Å²) in [6, 6.07) is 9.03. The monoisotopic (exact) mass is 319 g/mol. The molecule has 1 aromatic heterocycles. The molecule has 2 N–H and O–H groups in total. The number of hydrogen-bond acceptors (Lipinski definition) is 5. The van der Waals surface area contributed by atoms with Gasteiger partial charge in [-0.2, -0.15) is 0 Å². The molecule has 2 rings (SSSR count). The highest BCUT2D eigenvalue weighted by Gasteiger charge is 2.35. The van der Waals surface area contributed by atoms with Gasteiger partial charge in [-0.15, -0.1) is 5.10 Å². The van der Waals surface area contributed by atoms with Crippen LogP contribution < -0.4 is 4.74 Å². The van der Waals surface area contributed by atoms with Crippen molar-refractivity contribution in [2.24, 2.45) is 0 Å². The number of para-hydroxylation sites is 1. The largest absolute Gasteiger partial charge is 0.493 e. The number of aromatic nitrogens is 3. The van der Waals surface area contributed by atoms with Crippen LogP contribution in [0.25, 0.3) is 0 Å². The van der Waals surface area contributed by atoms with E-state index in [4.69, 9.17) is 4.74 Å². The third-order valence-corrected chi connectivity index (χ3v) is 3.37. The van der Waals surface area contributed by atoms with Gasteiger partial charge in [0.25, 0.3) is 0 Å². The average Bonchev–Trinajstić information content (AvgIpc) is 2.93. The summed E-state index contributed by atoms with van der Waals surface area (Å²) in [6.07, 6.45) is 0.167. The molecule has 1 aromatic carbocycles. The molecule has 0 amide bonds. The van der Waals surface area contributed by atoms with E-state index in [9.17, 15) is 19.8 Å². The number of benzene rings is 1. The number of carboxylic acid groups (broad SMARTS) is 2. The Hall–Kier alpha value is -2.90. The third kappa shape index (κ3) is 3.47. The number of rotatable bonds is 7. The number of nitrogens with zero attached hydrogens (tertiary/aromatic N) is 3. The van der Waals surface area contributed by atoms with Crippen LogP contribution in [-0.2, 0) is 16.8 Å². The lowest BCUT2D eigenvalue weighted by Crippen LogP contribution is -2.38. The maximum atomic E-state index is 11.4. The Labute approximate surface area is 132 Å². The fourth-order valence-corrected chi connectivity index (χ4v) is 2.01. The number of aliphatic carboxylic acids is 1. The van der Waals surface area contributed by atoms with Crippen LogP contribution >= 0.6 is 0 Å². The van der Waals surface area contributed by atoms with Crippen molar-refractivity contribution in [3.8, 4) is 5.75 Å². The van der Waals surface area contributed by atoms with Crippen molar-refractivity contribution in [3.05, 3.63) is 41.7 Å². The molecule has 0 bridgehead atoms. The first kappa shape index (κ1) is 16.5. The normalized spacial score (nSPS) is 11.2. The first-order chi connectivity index (χ1) is 10.8. The van der Waals surface area contributed by atoms with Crippen molar-refractivity contribution in [1.29, 1.82) is 0 Å². The predicted octanol–water partition coefficient (Wildman–Crippen LogP) is 1.42. The lowest BCUT2D eigenvalue weighted by Gasteiger charge is -2.21. The molecule has 8 nitrogen and oxygen atoms in total. The highest BCUT2D eigenvalue weighted by Crippen LogP contribution is 2.20. The summed E-state index contributed by atoms with van der Waals surface area (Å²) >= 11 is 0. The zero-order valence-corrected chi connectivity index (χ0v) is 12.8. The predicted molar refractivity (Wildman–Crippen MR) is 79.6 cm³/mol. The maximum Gasteiger partial charge on any atom is 0.358 e. The summed E-state index contributed by atoms with van der Waals surface area (Å²) in [4.78, 5) is 22.6. The molecule has 122 valence electrons. The Morgan fingerprint density at radius 3 is 2.43 bits per heavy atom. The van der Waals surface area contributed by atoms with Crippen LogP contribution in [0.3, 0.4) is 0 Å². The van der Waals surface area contributed by atoms with Crippen LogP contribution in [0.2, 0.25) is 0 Å². The van der Waals surface area contributed by atoms with E-state index in [1.54, 1.807) is 12.1 Å². The van der Waals surface area contributed by atoms with Gasteiger partial charge in [-0.1, -0.05) is 23.4 Å². The van der Waals surface area contributed by atoms with Gasteiger partial charge in [0.1, 0.15) is 5.75 Å². The van der Waals surface area contributed by atoms with Gasteiger partial charge in [0.15, 0.2) is 11.2 Å². The van der Waals surface area contributed by atoms with Crippen molar-refractivity contribution >= 4 is 11.9 Å². The smallest absolute Gasteiger partial charge is 0.358 e. The second-order valence-electron chi connectivity index (χ2n) is 5.38. The van der Waals surface area contributed by atoms with Crippen LogP contribution in [0.1, 0.15) is 30.0 Å². The van der Waals surface area contributed by atoms with Crippen molar-refractivity contribution in [1.82, 2.24) is 15.0 Å². The Morgan fingerprint density at radius 1 is 1.22 bits per heavy atom. The summed E-state index contributed by atoms with van der Waals surface area (Å²) in [5, 5.41) is 25.8. The van der Waals surface area contributed by atoms with E-state index in [1.807, 2.05) is 18.2 Å². The molecule has 0 saturated carbocycles. The van der Waals surface area contributed by atoms with E-state index in [0.717, 1.165) is 4.68 Å². The van der Waals surface area contributed by atoms with Gasteiger partial charge >= 0.3 is 11.9 Å². The molecular formula is C15H17N3O5. The molecule has 0 unspecified atom stereocenters. The highest BCUT2D eigenvalue weighted by molar-refractivity contribution is 5.86. The Morgan fingerprint density at radius 2 is 1.87 bits per heavy atom. The molecule has 0 fully saturated rings. The quantitative estimate of drug-likeness (QED) is 0.793. The lowest BCUT2D eigenvalue weighted by molar-refractivity contribution is -0.146. The van der Waals surface area contributed by atoms with E-state index < -0.39 is 17.5 Å². The molecule has 0 spiro atoms. The molecule has 0 aliphatic rings. The van der Waals surface area contributed by atoms with Gasteiger partial charge < -0.3 is 14.9 Å². The molecular weight excluding hydrogens is 302 g/mol. The van der Waals surface area contributed by atoms with Crippen molar-refractivity contribution < 1.29 is 24.5 Å². The first-order valence-electron chi connectivity index (χ1n) is 6.93. The SMILES string of the molecule is CC(C)(C(=O)O)n1nnc(C(=O)O)c1CCOc1ccccc1. The first-order valence-corrected chi connectivity index (χ1v) is 6.93. The lowest BCUT2D eigenvalue weighted by atomic mass is 10.1. The number of carbonyl (C=O) groups is 2. The van der Waals surface area contributed by atoms with Gasteiger partial charge in [0, 0.05) is 6.42 Å². The Bertz CT molecular complexity index is 709. The Balaban J connectivity index is 2.23. The summed E-state index contributed by atoms with van der Waals surface area (Å²) in [7, 11) is 0. The zero-order valence-electron chi connectivity index (χ0n) is 12.8. The van der Waals surface area contributed by atoms with Gasteiger partial charge in [0.2, 0.25) is 0 Å². The van der Waals surface area contributed by atoms with E-state index in [1.165, 1.54) is 13.8 Å². The number of ether oxygens (including phenoxy) is 1. The van der Waals surface area contributed by atoms with E-state index in [-0.39, 0.29) is 24.4 Å². The van der Waals surface area contributed by atoms with Crippen LogP contribution in [0.15, 0.2) is 30.3 Å². The zero-order chi connectivity index (χ0) is 17.0. The minimum Gasteiger partial charge on any atom is -0.493 e. The molecule has 0 aliphatic carbocycles. The minimum atomic E-state index is -1.41. The van der Waals surface area contributed by atoms with Gasteiger partial charge in [-0.05, 0) is 26.0 Å². The maximum absolute atomic E-state index is 11.4. The second kappa shape index (κ2) is 6.47. The Kier molecular flexibility index (Phi) is 4.63. The molecule has 1 heterocycles. The van der Waals surface area contributed by atoms with E-state index in [2.05, 4.69) is 10.3 Å². The van der Waals surface area contributed by atoms with Gasteiger partial charge in [-0.3, -0.25) is 0 Å². The molecule has 0 atom stereocenters. The summed E-state index contributed by atoms with van der Waals surface area (Å²) < 4.78 is 6.65. The summed E-state index contributed by atoms with van der Waals surface area (Å²) in [6.45, 7) is 3.03. The topological polar surface area (TPSA) is 115 Å². The van der Waals surface area contributed by atoms with Crippen molar-refractivity contribution in [3.63, 3.8) is 0 Å². The van der Waals surface area contributed by atoms with Crippen LogP contribution in [-0.4, -0.2) is 43.8 Å². The molecule has 8 heteroatoms.